The zero-order chi connectivity index (χ0) is 18.7. The lowest BCUT2D eigenvalue weighted by Gasteiger charge is -2.38. The number of piperazine rings is 1. The summed E-state index contributed by atoms with van der Waals surface area (Å²) in [6.07, 6.45) is 0. The van der Waals surface area contributed by atoms with Gasteiger partial charge < -0.3 is 9.80 Å². The van der Waals surface area contributed by atoms with Crippen molar-refractivity contribution in [2.24, 2.45) is 0 Å². The maximum absolute atomic E-state index is 13.8. The monoisotopic (exact) mass is 354 g/mol. The molecule has 0 saturated carbocycles. The van der Waals surface area contributed by atoms with Crippen molar-refractivity contribution in [1.82, 2.24) is 9.80 Å². The molecule has 1 saturated heterocycles. The molecule has 2 aromatic carbocycles. The summed E-state index contributed by atoms with van der Waals surface area (Å²) >= 11 is 0. The smallest absolute Gasteiger partial charge is 0.256 e. The number of carbonyl (C=O) groups excluding carboxylic acids is 2. The fraction of sp³-hybridized carbons (Fsp3) is 0.333. The number of benzene rings is 2. The second-order valence-corrected chi connectivity index (χ2v) is 7.06. The largest absolute Gasteiger partial charge is 0.338 e. The van der Waals surface area contributed by atoms with E-state index in [4.69, 9.17) is 0 Å². The van der Waals surface area contributed by atoms with Crippen molar-refractivity contribution in [1.29, 1.82) is 0 Å². The van der Waals surface area contributed by atoms with Crippen LogP contribution in [-0.4, -0.2) is 47.8 Å². The average molecular weight is 354 g/mol. The molecule has 0 N–H and O–H groups in total. The minimum absolute atomic E-state index is 0.0432. The van der Waals surface area contributed by atoms with Crippen LogP contribution in [0.4, 0.5) is 4.39 Å². The highest BCUT2D eigenvalue weighted by molar-refractivity contribution is 5.95. The number of amides is 2. The molecule has 3 rings (SSSR count). The number of rotatable bonds is 3. The zero-order valence-corrected chi connectivity index (χ0v) is 15.1. The Labute approximate surface area is 153 Å². The lowest BCUT2D eigenvalue weighted by atomic mass is 9.83. The molecule has 0 aliphatic carbocycles. The van der Waals surface area contributed by atoms with E-state index in [0.29, 0.717) is 26.2 Å². The van der Waals surface area contributed by atoms with E-state index in [-0.39, 0.29) is 17.4 Å². The van der Waals surface area contributed by atoms with E-state index in [0.717, 1.165) is 5.56 Å². The van der Waals surface area contributed by atoms with E-state index < -0.39 is 11.2 Å². The van der Waals surface area contributed by atoms with Crippen LogP contribution in [0.15, 0.2) is 54.6 Å². The van der Waals surface area contributed by atoms with E-state index in [1.807, 2.05) is 44.2 Å². The summed E-state index contributed by atoms with van der Waals surface area (Å²) in [5, 5.41) is 0. The van der Waals surface area contributed by atoms with Crippen LogP contribution in [0.3, 0.4) is 0 Å². The summed E-state index contributed by atoms with van der Waals surface area (Å²) in [7, 11) is 0. The lowest BCUT2D eigenvalue weighted by molar-refractivity contribution is -0.137. The third kappa shape index (κ3) is 3.47. The SMILES string of the molecule is CC(C)(C(=O)N1CCN(C(=O)c2ccccc2F)CC1)c1ccccc1. The van der Waals surface area contributed by atoms with Gasteiger partial charge in [0.05, 0.1) is 11.0 Å². The molecule has 136 valence electrons. The Morgan fingerprint density at radius 1 is 0.846 bits per heavy atom. The normalized spacial score (nSPS) is 15.0. The van der Waals surface area contributed by atoms with Gasteiger partial charge in [0.15, 0.2) is 0 Å². The molecule has 1 heterocycles. The molecule has 5 heteroatoms. The van der Waals surface area contributed by atoms with Crippen molar-refractivity contribution < 1.29 is 14.0 Å². The maximum Gasteiger partial charge on any atom is 0.256 e. The summed E-state index contributed by atoms with van der Waals surface area (Å²) in [5.41, 5.74) is 0.422. The minimum Gasteiger partial charge on any atom is -0.338 e. The van der Waals surface area contributed by atoms with Crippen LogP contribution in [0, 0.1) is 5.82 Å². The Morgan fingerprint density at radius 3 is 2.00 bits per heavy atom. The van der Waals surface area contributed by atoms with Crippen LogP contribution in [0.5, 0.6) is 0 Å². The highest BCUT2D eigenvalue weighted by Gasteiger charge is 2.35. The fourth-order valence-electron chi connectivity index (χ4n) is 3.29. The van der Waals surface area contributed by atoms with Crippen molar-refractivity contribution in [3.63, 3.8) is 0 Å². The summed E-state index contributed by atoms with van der Waals surface area (Å²) in [4.78, 5) is 28.9. The van der Waals surface area contributed by atoms with Crippen LogP contribution >= 0.6 is 0 Å². The van der Waals surface area contributed by atoms with Gasteiger partial charge in [0.2, 0.25) is 5.91 Å². The molecule has 0 aromatic heterocycles. The van der Waals surface area contributed by atoms with Gasteiger partial charge in [0.1, 0.15) is 5.82 Å². The van der Waals surface area contributed by atoms with Gasteiger partial charge in [-0.05, 0) is 31.5 Å². The van der Waals surface area contributed by atoms with Crippen LogP contribution < -0.4 is 0 Å². The molecular formula is C21H23FN2O2. The Hall–Kier alpha value is -2.69. The number of hydrogen-bond acceptors (Lipinski definition) is 2. The quantitative estimate of drug-likeness (QED) is 0.850. The summed E-state index contributed by atoms with van der Waals surface area (Å²) in [6, 6.07) is 15.7. The Kier molecular flexibility index (Phi) is 5.07. The van der Waals surface area contributed by atoms with Gasteiger partial charge in [-0.2, -0.15) is 0 Å². The molecule has 2 amide bonds. The molecule has 0 bridgehead atoms. The molecule has 1 fully saturated rings. The van der Waals surface area contributed by atoms with E-state index in [2.05, 4.69) is 0 Å². The number of carbonyl (C=O) groups is 2. The van der Waals surface area contributed by atoms with Crippen LogP contribution in [0.2, 0.25) is 0 Å². The third-order valence-electron chi connectivity index (χ3n) is 4.99. The van der Waals surface area contributed by atoms with Gasteiger partial charge in [-0.25, -0.2) is 4.39 Å². The van der Waals surface area contributed by atoms with Gasteiger partial charge in [-0.15, -0.1) is 0 Å². The maximum atomic E-state index is 13.8. The molecular weight excluding hydrogens is 331 g/mol. The highest BCUT2D eigenvalue weighted by Crippen LogP contribution is 2.26. The van der Waals surface area contributed by atoms with Crippen molar-refractivity contribution in [2.45, 2.75) is 19.3 Å². The summed E-state index contributed by atoms with van der Waals surface area (Å²) in [5.74, 6) is -0.791. The second-order valence-electron chi connectivity index (χ2n) is 7.06. The first-order valence-electron chi connectivity index (χ1n) is 8.80. The van der Waals surface area contributed by atoms with Gasteiger partial charge in [0, 0.05) is 26.2 Å². The number of halogens is 1. The standard InChI is InChI=1S/C21H23FN2O2/c1-21(2,16-8-4-3-5-9-16)20(26)24-14-12-23(13-15-24)19(25)17-10-6-7-11-18(17)22/h3-11H,12-15H2,1-2H3. The van der Waals surface area contributed by atoms with Crippen LogP contribution in [0.1, 0.15) is 29.8 Å². The fourth-order valence-corrected chi connectivity index (χ4v) is 3.29. The van der Waals surface area contributed by atoms with Crippen molar-refractivity contribution in [3.8, 4) is 0 Å². The average Bonchev–Trinajstić information content (AvgIpc) is 2.68. The number of nitrogens with zero attached hydrogens (tertiary/aromatic N) is 2. The third-order valence-corrected chi connectivity index (χ3v) is 4.99. The van der Waals surface area contributed by atoms with Gasteiger partial charge in [-0.3, -0.25) is 9.59 Å². The Balaban J connectivity index is 1.66. The highest BCUT2D eigenvalue weighted by atomic mass is 19.1. The van der Waals surface area contributed by atoms with Gasteiger partial charge in [0.25, 0.3) is 5.91 Å². The van der Waals surface area contributed by atoms with Crippen molar-refractivity contribution in [3.05, 3.63) is 71.5 Å². The van der Waals surface area contributed by atoms with E-state index >= 15 is 0 Å². The van der Waals surface area contributed by atoms with E-state index in [1.165, 1.54) is 12.1 Å². The molecule has 0 spiro atoms. The van der Waals surface area contributed by atoms with Gasteiger partial charge >= 0.3 is 0 Å². The Morgan fingerprint density at radius 2 is 1.38 bits per heavy atom. The molecule has 2 aromatic rings. The molecule has 4 nitrogen and oxygen atoms in total. The molecule has 26 heavy (non-hydrogen) atoms. The lowest BCUT2D eigenvalue weighted by Crippen LogP contribution is -2.54. The predicted molar refractivity (Wildman–Crippen MR) is 98.4 cm³/mol. The molecule has 1 aliphatic heterocycles. The first kappa shape index (κ1) is 18.1. The summed E-state index contributed by atoms with van der Waals surface area (Å²) < 4.78 is 13.8. The first-order chi connectivity index (χ1) is 12.4. The number of hydrogen-bond donors (Lipinski definition) is 0. The van der Waals surface area contributed by atoms with Crippen LogP contribution in [0.25, 0.3) is 0 Å². The zero-order valence-electron chi connectivity index (χ0n) is 15.1. The second kappa shape index (κ2) is 7.28. The molecule has 0 unspecified atom stereocenters. The topological polar surface area (TPSA) is 40.6 Å². The molecule has 0 atom stereocenters. The minimum atomic E-state index is -0.626. The van der Waals surface area contributed by atoms with E-state index in [1.54, 1.807) is 21.9 Å². The van der Waals surface area contributed by atoms with Crippen LogP contribution in [-0.2, 0) is 10.2 Å². The van der Waals surface area contributed by atoms with Crippen molar-refractivity contribution >= 4 is 11.8 Å². The van der Waals surface area contributed by atoms with Gasteiger partial charge in [-0.1, -0.05) is 42.5 Å². The first-order valence-corrected chi connectivity index (χ1v) is 8.80. The Bertz CT molecular complexity index is 797. The molecule has 1 aliphatic rings. The summed E-state index contributed by atoms with van der Waals surface area (Å²) in [6.45, 7) is 5.56. The van der Waals surface area contributed by atoms with E-state index in [9.17, 15) is 14.0 Å². The molecule has 0 radical (unpaired) electrons. The predicted octanol–water partition coefficient (Wildman–Crippen LogP) is 3.09. The van der Waals surface area contributed by atoms with Crippen molar-refractivity contribution in [2.75, 3.05) is 26.2 Å².